The number of nitrogens with zero attached hydrogens (tertiary/aromatic N) is 1. The second kappa shape index (κ2) is 4.08. The van der Waals surface area contributed by atoms with Crippen LogP contribution < -0.4 is 4.90 Å². The quantitative estimate of drug-likeness (QED) is 0.745. The van der Waals surface area contributed by atoms with Gasteiger partial charge in [-0.15, -0.1) is 0 Å². The molecule has 2 saturated carbocycles. The zero-order valence-corrected chi connectivity index (χ0v) is 12.1. The number of aryl methyl sites for hydroxylation is 1. The highest BCUT2D eigenvalue weighted by molar-refractivity contribution is 6.31. The standard InChI is InChI=1S/C16H16ClNO2/c1-8-2-5-11(17)7-12(8)18-15(19)13-9-3-4-10(6-9)14(13)16(18)20/h2,5,7,9-10,13-14H,3-4,6H2,1H3/t9-,10-,13-,14-/m0/s1. The molecule has 3 aliphatic rings. The average Bonchev–Trinajstić information content (AvgIpc) is 3.08. The molecule has 3 nitrogen and oxygen atoms in total. The van der Waals surface area contributed by atoms with Gasteiger partial charge in [-0.05, 0) is 55.7 Å². The number of hydrogen-bond donors (Lipinski definition) is 0. The lowest BCUT2D eigenvalue weighted by atomic mass is 9.81. The van der Waals surface area contributed by atoms with E-state index in [1.165, 1.54) is 4.90 Å². The van der Waals surface area contributed by atoms with E-state index in [1.54, 1.807) is 12.1 Å². The van der Waals surface area contributed by atoms with Crippen LogP contribution in [-0.4, -0.2) is 11.8 Å². The van der Waals surface area contributed by atoms with Crippen LogP contribution in [0, 0.1) is 30.6 Å². The van der Waals surface area contributed by atoms with Crippen molar-refractivity contribution < 1.29 is 9.59 Å². The number of benzene rings is 1. The Balaban J connectivity index is 1.79. The molecule has 104 valence electrons. The molecule has 1 heterocycles. The van der Waals surface area contributed by atoms with Crippen molar-refractivity contribution in [1.82, 2.24) is 0 Å². The van der Waals surface area contributed by atoms with E-state index >= 15 is 0 Å². The normalized spacial score (nSPS) is 35.0. The Labute approximate surface area is 122 Å². The maximum Gasteiger partial charge on any atom is 0.237 e. The SMILES string of the molecule is Cc1ccc(Cl)cc1N1C(=O)[C@H]2[C@H]3CC[C@@H](C3)[C@@H]2C1=O. The van der Waals surface area contributed by atoms with Crippen LogP contribution in [0.25, 0.3) is 0 Å². The summed E-state index contributed by atoms with van der Waals surface area (Å²) in [6, 6.07) is 5.38. The minimum absolute atomic E-state index is 0.00225. The molecule has 0 radical (unpaired) electrons. The molecule has 2 bridgehead atoms. The molecule has 2 amide bonds. The fourth-order valence-electron chi connectivity index (χ4n) is 4.47. The van der Waals surface area contributed by atoms with Crippen LogP contribution in [0.5, 0.6) is 0 Å². The van der Waals surface area contributed by atoms with E-state index in [4.69, 9.17) is 11.6 Å². The van der Waals surface area contributed by atoms with Gasteiger partial charge in [0.15, 0.2) is 0 Å². The average molecular weight is 290 g/mol. The Hall–Kier alpha value is -1.35. The summed E-state index contributed by atoms with van der Waals surface area (Å²) in [7, 11) is 0. The third kappa shape index (κ3) is 1.47. The van der Waals surface area contributed by atoms with E-state index in [1.807, 2.05) is 13.0 Å². The van der Waals surface area contributed by atoms with Crippen LogP contribution in [-0.2, 0) is 9.59 Å². The predicted octanol–water partition coefficient (Wildman–Crippen LogP) is 3.18. The Kier molecular flexibility index (Phi) is 2.53. The van der Waals surface area contributed by atoms with E-state index in [0.717, 1.165) is 24.8 Å². The van der Waals surface area contributed by atoms with Crippen LogP contribution >= 0.6 is 11.6 Å². The van der Waals surface area contributed by atoms with E-state index < -0.39 is 0 Å². The maximum absolute atomic E-state index is 12.7. The fourth-order valence-corrected chi connectivity index (χ4v) is 4.64. The molecule has 4 heteroatoms. The largest absolute Gasteiger partial charge is 0.274 e. The summed E-state index contributed by atoms with van der Waals surface area (Å²) in [6.07, 6.45) is 3.27. The molecule has 2 aliphatic carbocycles. The van der Waals surface area contributed by atoms with Gasteiger partial charge in [0, 0.05) is 5.02 Å². The second-order valence-electron chi connectivity index (χ2n) is 6.33. The third-order valence-corrected chi connectivity index (χ3v) is 5.57. The first-order valence-corrected chi connectivity index (χ1v) is 7.59. The first-order valence-electron chi connectivity index (χ1n) is 7.22. The van der Waals surface area contributed by atoms with Crippen LogP contribution in [0.3, 0.4) is 0 Å². The summed E-state index contributed by atoms with van der Waals surface area (Å²) in [5.41, 5.74) is 1.59. The van der Waals surface area contributed by atoms with Crippen molar-refractivity contribution in [3.63, 3.8) is 0 Å². The van der Waals surface area contributed by atoms with Gasteiger partial charge in [-0.25, -0.2) is 4.90 Å². The van der Waals surface area contributed by atoms with Crippen LogP contribution in [0.2, 0.25) is 5.02 Å². The van der Waals surface area contributed by atoms with Crippen molar-refractivity contribution in [1.29, 1.82) is 0 Å². The molecule has 0 aromatic heterocycles. The van der Waals surface area contributed by atoms with Gasteiger partial charge in [-0.1, -0.05) is 17.7 Å². The number of hydrogen-bond acceptors (Lipinski definition) is 2. The highest BCUT2D eigenvalue weighted by Gasteiger charge is 2.61. The highest BCUT2D eigenvalue weighted by atomic mass is 35.5. The summed E-state index contributed by atoms with van der Waals surface area (Å²) >= 11 is 6.03. The van der Waals surface area contributed by atoms with Gasteiger partial charge < -0.3 is 0 Å². The van der Waals surface area contributed by atoms with Gasteiger partial charge in [-0.2, -0.15) is 0 Å². The number of anilines is 1. The number of halogens is 1. The highest BCUT2D eigenvalue weighted by Crippen LogP contribution is 2.56. The summed E-state index contributed by atoms with van der Waals surface area (Å²) in [4.78, 5) is 26.8. The molecule has 1 aromatic rings. The summed E-state index contributed by atoms with van der Waals surface area (Å²) in [6.45, 7) is 1.91. The van der Waals surface area contributed by atoms with Crippen molar-refractivity contribution in [3.8, 4) is 0 Å². The summed E-state index contributed by atoms with van der Waals surface area (Å²) in [5.74, 6) is 0.700. The monoisotopic (exact) mass is 289 g/mol. The lowest BCUT2D eigenvalue weighted by Crippen LogP contribution is -2.33. The van der Waals surface area contributed by atoms with Gasteiger partial charge in [0.1, 0.15) is 0 Å². The molecule has 1 aromatic carbocycles. The number of amides is 2. The maximum atomic E-state index is 12.7. The van der Waals surface area contributed by atoms with E-state index in [-0.39, 0.29) is 23.7 Å². The Bertz CT molecular complexity index is 599. The molecule has 0 spiro atoms. The topological polar surface area (TPSA) is 37.4 Å². The molecule has 4 rings (SSSR count). The van der Waals surface area contributed by atoms with Crippen LogP contribution in [0.15, 0.2) is 18.2 Å². The lowest BCUT2D eigenvalue weighted by molar-refractivity contribution is -0.123. The Morgan fingerprint density at radius 2 is 1.70 bits per heavy atom. The van der Waals surface area contributed by atoms with Crippen molar-refractivity contribution >= 4 is 29.1 Å². The minimum Gasteiger partial charge on any atom is -0.274 e. The molecular formula is C16H16ClNO2. The minimum atomic E-state index is -0.0698. The molecule has 20 heavy (non-hydrogen) atoms. The van der Waals surface area contributed by atoms with E-state index in [0.29, 0.717) is 22.5 Å². The van der Waals surface area contributed by atoms with Crippen LogP contribution in [0.1, 0.15) is 24.8 Å². The van der Waals surface area contributed by atoms with Gasteiger partial charge in [0.05, 0.1) is 17.5 Å². The third-order valence-electron chi connectivity index (χ3n) is 5.34. The van der Waals surface area contributed by atoms with Gasteiger partial charge in [-0.3, -0.25) is 9.59 Å². The fraction of sp³-hybridized carbons (Fsp3) is 0.500. The molecular weight excluding hydrogens is 274 g/mol. The molecule has 0 N–H and O–H groups in total. The number of imide groups is 1. The Morgan fingerprint density at radius 3 is 2.30 bits per heavy atom. The first kappa shape index (κ1) is 12.4. The zero-order valence-electron chi connectivity index (χ0n) is 11.3. The molecule has 1 aliphatic heterocycles. The van der Waals surface area contributed by atoms with E-state index in [2.05, 4.69) is 0 Å². The zero-order chi connectivity index (χ0) is 14.0. The summed E-state index contributed by atoms with van der Waals surface area (Å²) < 4.78 is 0. The summed E-state index contributed by atoms with van der Waals surface area (Å²) in [5, 5.41) is 0.561. The molecule has 4 atom stereocenters. The predicted molar refractivity (Wildman–Crippen MR) is 76.5 cm³/mol. The van der Waals surface area contributed by atoms with Crippen molar-refractivity contribution in [2.24, 2.45) is 23.7 Å². The van der Waals surface area contributed by atoms with Gasteiger partial charge in [0.25, 0.3) is 0 Å². The smallest absolute Gasteiger partial charge is 0.237 e. The number of rotatable bonds is 1. The van der Waals surface area contributed by atoms with Crippen molar-refractivity contribution in [2.45, 2.75) is 26.2 Å². The van der Waals surface area contributed by atoms with Crippen LogP contribution in [0.4, 0.5) is 5.69 Å². The molecule has 3 fully saturated rings. The van der Waals surface area contributed by atoms with Gasteiger partial charge in [0.2, 0.25) is 11.8 Å². The van der Waals surface area contributed by atoms with Crippen molar-refractivity contribution in [3.05, 3.63) is 28.8 Å². The number of fused-ring (bicyclic) bond motifs is 5. The first-order chi connectivity index (χ1) is 9.58. The number of carbonyl (C=O) groups is 2. The Morgan fingerprint density at radius 1 is 1.10 bits per heavy atom. The number of carbonyl (C=O) groups excluding carboxylic acids is 2. The molecule has 1 saturated heterocycles. The second-order valence-corrected chi connectivity index (χ2v) is 6.76. The molecule has 0 unspecified atom stereocenters. The van der Waals surface area contributed by atoms with Crippen molar-refractivity contribution in [2.75, 3.05) is 4.90 Å². The lowest BCUT2D eigenvalue weighted by Gasteiger charge is -2.19. The van der Waals surface area contributed by atoms with E-state index in [9.17, 15) is 9.59 Å². The van der Waals surface area contributed by atoms with Gasteiger partial charge >= 0.3 is 0 Å².